The molecular weight excluding hydrogens is 340 g/mol. The summed E-state index contributed by atoms with van der Waals surface area (Å²) >= 11 is 0. The van der Waals surface area contributed by atoms with Gasteiger partial charge in [-0.15, -0.1) is 0 Å². The molecular formula is C22H26N2O3. The molecule has 0 saturated heterocycles. The molecule has 2 N–H and O–H groups in total. The molecule has 5 nitrogen and oxygen atoms in total. The number of rotatable bonds is 4. The fraction of sp³-hybridized carbons (Fsp3) is 0.364. The molecule has 0 fully saturated rings. The molecule has 0 saturated carbocycles. The molecule has 3 rings (SSSR count). The first kappa shape index (κ1) is 19.0. The summed E-state index contributed by atoms with van der Waals surface area (Å²) in [5.74, 6) is 0.0723. The van der Waals surface area contributed by atoms with E-state index in [-0.39, 0.29) is 29.8 Å². The number of nitrogens with one attached hydrogen (secondary N) is 2. The molecule has 0 radical (unpaired) electrons. The maximum atomic E-state index is 12.5. The number of benzene rings is 2. The normalized spacial score (nSPS) is 14.6. The Bertz CT molecular complexity index is 851. The van der Waals surface area contributed by atoms with Gasteiger partial charge in [0, 0.05) is 6.54 Å². The Morgan fingerprint density at radius 3 is 2.56 bits per heavy atom. The van der Waals surface area contributed by atoms with Crippen LogP contribution in [0.4, 0.5) is 5.69 Å². The van der Waals surface area contributed by atoms with Crippen LogP contribution in [-0.4, -0.2) is 18.4 Å². The molecule has 1 atom stereocenters. The van der Waals surface area contributed by atoms with Crippen LogP contribution >= 0.6 is 0 Å². The largest absolute Gasteiger partial charge is 0.482 e. The molecule has 27 heavy (non-hydrogen) atoms. The minimum absolute atomic E-state index is 0.00158. The van der Waals surface area contributed by atoms with Crippen molar-refractivity contribution in [3.05, 3.63) is 59.2 Å². The minimum Gasteiger partial charge on any atom is -0.482 e. The van der Waals surface area contributed by atoms with Crippen LogP contribution in [0.5, 0.6) is 5.75 Å². The fourth-order valence-electron chi connectivity index (χ4n) is 2.98. The van der Waals surface area contributed by atoms with Gasteiger partial charge in [-0.25, -0.2) is 0 Å². The third-order valence-corrected chi connectivity index (χ3v) is 4.82. The van der Waals surface area contributed by atoms with Crippen molar-refractivity contribution in [2.45, 2.75) is 45.6 Å². The second-order valence-electron chi connectivity index (χ2n) is 7.98. The molecule has 1 aliphatic rings. The summed E-state index contributed by atoms with van der Waals surface area (Å²) in [4.78, 5) is 23.9. The molecule has 0 spiro atoms. The molecule has 0 bridgehead atoms. The third kappa shape index (κ3) is 4.48. The molecule has 0 aliphatic carbocycles. The number of carbonyl (C=O) groups is 2. The molecule has 2 aromatic carbocycles. The Labute approximate surface area is 160 Å². The summed E-state index contributed by atoms with van der Waals surface area (Å²) in [6, 6.07) is 13.8. The Kier molecular flexibility index (Phi) is 5.22. The second-order valence-corrected chi connectivity index (χ2v) is 7.98. The molecule has 1 aliphatic heterocycles. The van der Waals surface area contributed by atoms with Crippen LogP contribution in [0.2, 0.25) is 0 Å². The number of fused-ring (bicyclic) bond motifs is 1. The highest BCUT2D eigenvalue weighted by molar-refractivity contribution is 5.95. The summed E-state index contributed by atoms with van der Waals surface area (Å²) in [7, 11) is 0. The number of carbonyl (C=O) groups excluding carboxylic acids is 2. The molecule has 1 heterocycles. The predicted molar refractivity (Wildman–Crippen MR) is 106 cm³/mol. The van der Waals surface area contributed by atoms with Crippen molar-refractivity contribution in [1.82, 2.24) is 5.32 Å². The van der Waals surface area contributed by atoms with E-state index >= 15 is 0 Å². The number of anilines is 1. The lowest BCUT2D eigenvalue weighted by atomic mass is 9.87. The highest BCUT2D eigenvalue weighted by Crippen LogP contribution is 2.31. The van der Waals surface area contributed by atoms with Crippen LogP contribution in [0.15, 0.2) is 42.5 Å². The summed E-state index contributed by atoms with van der Waals surface area (Å²) in [5.41, 5.74) is 3.95. The van der Waals surface area contributed by atoms with E-state index in [0.717, 1.165) is 11.1 Å². The van der Waals surface area contributed by atoms with E-state index in [9.17, 15) is 9.59 Å². The van der Waals surface area contributed by atoms with Gasteiger partial charge < -0.3 is 15.4 Å². The van der Waals surface area contributed by atoms with Gasteiger partial charge in [-0.05, 0) is 41.2 Å². The van der Waals surface area contributed by atoms with Gasteiger partial charge in [-0.1, -0.05) is 51.1 Å². The molecule has 5 heteroatoms. The predicted octanol–water partition coefficient (Wildman–Crippen LogP) is 3.73. The van der Waals surface area contributed by atoms with E-state index in [0.29, 0.717) is 18.0 Å². The van der Waals surface area contributed by atoms with Crippen LogP contribution in [0.1, 0.15) is 50.3 Å². The van der Waals surface area contributed by atoms with E-state index in [1.165, 1.54) is 5.56 Å². The average Bonchev–Trinajstić information content (AvgIpc) is 2.64. The first-order valence-electron chi connectivity index (χ1n) is 9.18. The number of hydrogen-bond acceptors (Lipinski definition) is 3. The quantitative estimate of drug-likeness (QED) is 0.866. The lowest BCUT2D eigenvalue weighted by Gasteiger charge is -2.20. The zero-order valence-corrected chi connectivity index (χ0v) is 16.3. The maximum Gasteiger partial charge on any atom is 0.262 e. The molecule has 1 unspecified atom stereocenters. The Morgan fingerprint density at radius 1 is 1.19 bits per heavy atom. The van der Waals surface area contributed by atoms with Gasteiger partial charge in [0.1, 0.15) is 5.75 Å². The summed E-state index contributed by atoms with van der Waals surface area (Å²) in [6.45, 7) is 8.89. The van der Waals surface area contributed by atoms with Crippen molar-refractivity contribution in [2.24, 2.45) is 0 Å². The van der Waals surface area contributed by atoms with Crippen molar-refractivity contribution >= 4 is 17.5 Å². The van der Waals surface area contributed by atoms with Gasteiger partial charge in [0.15, 0.2) is 6.61 Å². The molecule has 0 aromatic heterocycles. The van der Waals surface area contributed by atoms with Crippen LogP contribution in [-0.2, 0) is 21.5 Å². The van der Waals surface area contributed by atoms with Crippen molar-refractivity contribution < 1.29 is 14.3 Å². The van der Waals surface area contributed by atoms with Crippen molar-refractivity contribution in [3.8, 4) is 5.75 Å². The fourth-order valence-corrected chi connectivity index (χ4v) is 2.98. The van der Waals surface area contributed by atoms with E-state index in [4.69, 9.17) is 4.74 Å². The molecule has 2 amide bonds. The monoisotopic (exact) mass is 366 g/mol. The van der Waals surface area contributed by atoms with Crippen LogP contribution in [0.25, 0.3) is 0 Å². The smallest absolute Gasteiger partial charge is 0.262 e. The minimum atomic E-state index is -0.314. The van der Waals surface area contributed by atoms with Crippen molar-refractivity contribution in [3.63, 3.8) is 0 Å². The number of hydrogen-bond donors (Lipinski definition) is 2. The van der Waals surface area contributed by atoms with Crippen LogP contribution in [0.3, 0.4) is 0 Å². The molecule has 2 aromatic rings. The van der Waals surface area contributed by atoms with E-state index in [1.54, 1.807) is 6.07 Å². The van der Waals surface area contributed by atoms with Crippen LogP contribution < -0.4 is 15.4 Å². The van der Waals surface area contributed by atoms with Gasteiger partial charge in [0.05, 0.1) is 11.6 Å². The van der Waals surface area contributed by atoms with Gasteiger partial charge >= 0.3 is 0 Å². The van der Waals surface area contributed by atoms with Gasteiger partial charge in [0.2, 0.25) is 5.91 Å². The zero-order chi connectivity index (χ0) is 19.6. The molecule has 142 valence electrons. The van der Waals surface area contributed by atoms with Gasteiger partial charge in [-0.3, -0.25) is 9.59 Å². The highest BCUT2D eigenvalue weighted by Gasteiger charge is 2.20. The third-order valence-electron chi connectivity index (χ3n) is 4.82. The number of ether oxygens (including phenoxy) is 1. The summed E-state index contributed by atoms with van der Waals surface area (Å²) < 4.78 is 5.43. The zero-order valence-electron chi connectivity index (χ0n) is 16.3. The first-order chi connectivity index (χ1) is 12.7. The van der Waals surface area contributed by atoms with Gasteiger partial charge in [-0.2, -0.15) is 0 Å². The Balaban J connectivity index is 1.62. The van der Waals surface area contributed by atoms with Crippen molar-refractivity contribution in [2.75, 3.05) is 11.9 Å². The first-order valence-corrected chi connectivity index (χ1v) is 9.18. The standard InChI is InChI=1S/C22H26N2O3/c1-14(16-7-10-18-19(11-16)27-13-20(25)24-18)21(26)23-12-15-5-8-17(9-6-15)22(2,3)4/h5-11,14H,12-13H2,1-4H3,(H,23,26)(H,24,25). The Hall–Kier alpha value is -2.82. The van der Waals surface area contributed by atoms with E-state index in [2.05, 4.69) is 55.7 Å². The lowest BCUT2D eigenvalue weighted by Crippen LogP contribution is -2.28. The van der Waals surface area contributed by atoms with E-state index in [1.807, 2.05) is 19.1 Å². The lowest BCUT2D eigenvalue weighted by molar-refractivity contribution is -0.122. The van der Waals surface area contributed by atoms with E-state index < -0.39 is 0 Å². The summed E-state index contributed by atoms with van der Waals surface area (Å²) in [6.07, 6.45) is 0. The van der Waals surface area contributed by atoms with Gasteiger partial charge in [0.25, 0.3) is 5.91 Å². The average molecular weight is 366 g/mol. The second kappa shape index (κ2) is 7.43. The summed E-state index contributed by atoms with van der Waals surface area (Å²) in [5, 5.41) is 5.75. The SMILES string of the molecule is CC(C(=O)NCc1ccc(C(C)(C)C)cc1)c1ccc2c(c1)OCC(=O)N2. The Morgan fingerprint density at radius 2 is 1.89 bits per heavy atom. The highest BCUT2D eigenvalue weighted by atomic mass is 16.5. The maximum absolute atomic E-state index is 12.5. The topological polar surface area (TPSA) is 67.4 Å². The van der Waals surface area contributed by atoms with Crippen molar-refractivity contribution in [1.29, 1.82) is 0 Å². The van der Waals surface area contributed by atoms with Crippen LogP contribution in [0, 0.1) is 0 Å². The number of amides is 2.